The van der Waals surface area contributed by atoms with Crippen LogP contribution in [0.15, 0.2) is 6.07 Å². The number of benzene rings is 1. The first-order chi connectivity index (χ1) is 8.10. The van der Waals surface area contributed by atoms with Gasteiger partial charge in [0.25, 0.3) is 0 Å². The first-order valence-electron chi connectivity index (χ1n) is 5.27. The summed E-state index contributed by atoms with van der Waals surface area (Å²) >= 11 is 6.05. The maximum absolute atomic E-state index is 11.7. The van der Waals surface area contributed by atoms with Crippen LogP contribution in [0.5, 0.6) is 11.5 Å². The van der Waals surface area contributed by atoms with Gasteiger partial charge in [0, 0.05) is 11.1 Å². The van der Waals surface area contributed by atoms with E-state index in [-0.39, 0.29) is 12.3 Å². The fraction of sp³-hybridized carbons (Fsp3) is 0.417. The quantitative estimate of drug-likeness (QED) is 0.821. The molecule has 0 aliphatic carbocycles. The number of Topliss-reactive ketones (excluding diaryl/α,β-unsaturated/α-hetero) is 1. The van der Waals surface area contributed by atoms with Gasteiger partial charge in [0.05, 0.1) is 25.8 Å². The summed E-state index contributed by atoms with van der Waals surface area (Å²) in [7, 11) is 3.03. The van der Waals surface area contributed by atoms with E-state index in [1.165, 1.54) is 14.2 Å². The second kappa shape index (κ2) is 5.89. The molecule has 0 heterocycles. The van der Waals surface area contributed by atoms with Crippen molar-refractivity contribution in [2.75, 3.05) is 20.8 Å². The first-order valence-corrected chi connectivity index (χ1v) is 5.65. The predicted molar refractivity (Wildman–Crippen MR) is 67.3 cm³/mol. The van der Waals surface area contributed by atoms with Gasteiger partial charge >= 0.3 is 0 Å². The van der Waals surface area contributed by atoms with Crippen molar-refractivity contribution in [3.8, 4) is 11.5 Å². The number of ether oxygens (including phenoxy) is 2. The highest BCUT2D eigenvalue weighted by Crippen LogP contribution is 2.40. The highest BCUT2D eigenvalue weighted by Gasteiger charge is 2.20. The Morgan fingerprint density at radius 1 is 1.35 bits per heavy atom. The van der Waals surface area contributed by atoms with Crippen molar-refractivity contribution in [1.82, 2.24) is 0 Å². The third-order valence-electron chi connectivity index (χ3n) is 2.54. The summed E-state index contributed by atoms with van der Waals surface area (Å²) in [5, 5.41) is 0.346. The van der Waals surface area contributed by atoms with E-state index in [0.717, 1.165) is 5.56 Å². The number of halogens is 1. The minimum atomic E-state index is -0.162. The van der Waals surface area contributed by atoms with Gasteiger partial charge < -0.3 is 15.2 Å². The summed E-state index contributed by atoms with van der Waals surface area (Å²) in [6, 6.07) is 1.58. The van der Waals surface area contributed by atoms with Crippen LogP contribution >= 0.6 is 11.6 Å². The molecule has 0 spiro atoms. The summed E-state index contributed by atoms with van der Waals surface area (Å²) in [4.78, 5) is 11.7. The molecule has 0 unspecified atom stereocenters. The average Bonchev–Trinajstić information content (AvgIpc) is 2.36. The molecule has 5 heteroatoms. The van der Waals surface area contributed by atoms with Gasteiger partial charge in [-0.25, -0.2) is 0 Å². The molecule has 0 aromatic heterocycles. The molecule has 0 fully saturated rings. The number of hydrogen-bond acceptors (Lipinski definition) is 4. The van der Waals surface area contributed by atoms with Gasteiger partial charge in [0.1, 0.15) is 0 Å². The normalized spacial score (nSPS) is 10.2. The van der Waals surface area contributed by atoms with E-state index in [9.17, 15) is 4.79 Å². The van der Waals surface area contributed by atoms with Crippen molar-refractivity contribution >= 4 is 17.4 Å². The van der Waals surface area contributed by atoms with E-state index in [4.69, 9.17) is 26.8 Å². The predicted octanol–water partition coefficient (Wildman–Crippen LogP) is 2.06. The van der Waals surface area contributed by atoms with Crippen molar-refractivity contribution in [2.24, 2.45) is 5.73 Å². The maximum atomic E-state index is 11.7. The van der Waals surface area contributed by atoms with Gasteiger partial charge in [0.15, 0.2) is 17.3 Å². The summed E-state index contributed by atoms with van der Waals surface area (Å²) in [6.07, 6.45) is 0.637. The molecule has 94 valence electrons. The third kappa shape index (κ3) is 2.53. The second-order valence-electron chi connectivity index (χ2n) is 3.43. The summed E-state index contributed by atoms with van der Waals surface area (Å²) in [6.45, 7) is 1.87. The molecule has 0 saturated heterocycles. The van der Waals surface area contributed by atoms with E-state index in [1.807, 2.05) is 6.92 Å². The van der Waals surface area contributed by atoms with Crippen molar-refractivity contribution in [1.29, 1.82) is 0 Å². The number of ketones is 1. The molecule has 4 nitrogen and oxygen atoms in total. The highest BCUT2D eigenvalue weighted by molar-refractivity contribution is 6.32. The number of nitrogens with two attached hydrogens (primary N) is 1. The van der Waals surface area contributed by atoms with Crippen LogP contribution in [0.1, 0.15) is 22.8 Å². The van der Waals surface area contributed by atoms with Crippen LogP contribution in [-0.4, -0.2) is 26.5 Å². The third-order valence-corrected chi connectivity index (χ3v) is 2.82. The second-order valence-corrected chi connectivity index (χ2v) is 3.84. The summed E-state index contributed by atoms with van der Waals surface area (Å²) < 4.78 is 10.5. The highest BCUT2D eigenvalue weighted by atomic mass is 35.5. The van der Waals surface area contributed by atoms with Gasteiger partial charge in [-0.05, 0) is 12.5 Å². The number of carbonyl (C=O) groups excluding carboxylic acids is 1. The first kappa shape index (κ1) is 13.8. The molecule has 0 aliphatic heterocycles. The van der Waals surface area contributed by atoms with Gasteiger partial charge in [-0.1, -0.05) is 18.5 Å². The van der Waals surface area contributed by atoms with Crippen LogP contribution < -0.4 is 15.2 Å². The van der Waals surface area contributed by atoms with Gasteiger partial charge in [-0.15, -0.1) is 0 Å². The van der Waals surface area contributed by atoms with Gasteiger partial charge in [-0.2, -0.15) is 0 Å². The van der Waals surface area contributed by atoms with E-state index in [0.29, 0.717) is 28.5 Å². The van der Waals surface area contributed by atoms with Crippen molar-refractivity contribution in [3.05, 3.63) is 22.2 Å². The molecular formula is C12H16ClNO3. The van der Waals surface area contributed by atoms with E-state index in [1.54, 1.807) is 6.07 Å². The van der Waals surface area contributed by atoms with E-state index >= 15 is 0 Å². The molecule has 2 N–H and O–H groups in total. The zero-order chi connectivity index (χ0) is 13.0. The Labute approximate surface area is 106 Å². The minimum Gasteiger partial charge on any atom is -0.492 e. The molecule has 0 aliphatic rings. The van der Waals surface area contributed by atoms with Gasteiger partial charge in [0.2, 0.25) is 0 Å². The van der Waals surface area contributed by atoms with Crippen LogP contribution in [0.25, 0.3) is 0 Å². The lowest BCUT2D eigenvalue weighted by molar-refractivity contribution is 0.1000. The average molecular weight is 258 g/mol. The Hall–Kier alpha value is -1.26. The largest absolute Gasteiger partial charge is 0.492 e. The molecule has 0 bridgehead atoms. The number of hydrogen-bond donors (Lipinski definition) is 1. The minimum absolute atomic E-state index is 0.0567. The Morgan fingerprint density at radius 3 is 2.35 bits per heavy atom. The van der Waals surface area contributed by atoms with Crippen LogP contribution in [0.3, 0.4) is 0 Å². The fourth-order valence-electron chi connectivity index (χ4n) is 1.76. The zero-order valence-corrected chi connectivity index (χ0v) is 10.9. The van der Waals surface area contributed by atoms with Gasteiger partial charge in [-0.3, -0.25) is 4.79 Å². The Bertz CT molecular complexity index is 432. The number of methoxy groups -OCH3 is 2. The lowest BCUT2D eigenvalue weighted by Crippen LogP contribution is -2.16. The fourth-order valence-corrected chi connectivity index (χ4v) is 2.04. The standard InChI is InChI=1S/C12H16ClNO3/c1-4-7-8(10(15)6-14)5-9(13)12(17-3)11(7)16-2/h5H,4,6,14H2,1-3H3. The monoisotopic (exact) mass is 257 g/mol. The Balaban J connectivity index is 3.53. The van der Waals surface area contributed by atoms with Crippen molar-refractivity contribution < 1.29 is 14.3 Å². The van der Waals surface area contributed by atoms with Crippen molar-refractivity contribution in [3.63, 3.8) is 0 Å². The summed E-state index contributed by atoms with van der Waals surface area (Å²) in [5.41, 5.74) is 6.64. The lowest BCUT2D eigenvalue weighted by Gasteiger charge is -2.16. The number of rotatable bonds is 5. The smallest absolute Gasteiger partial charge is 0.179 e. The van der Waals surface area contributed by atoms with E-state index < -0.39 is 0 Å². The Morgan fingerprint density at radius 2 is 1.94 bits per heavy atom. The topological polar surface area (TPSA) is 61.6 Å². The molecule has 1 rings (SSSR count). The SMILES string of the molecule is CCc1c(C(=O)CN)cc(Cl)c(OC)c1OC. The molecule has 0 saturated carbocycles. The molecule has 1 aromatic rings. The van der Waals surface area contributed by atoms with Crippen LogP contribution in [0.2, 0.25) is 5.02 Å². The molecule has 0 atom stereocenters. The van der Waals surface area contributed by atoms with Crippen LogP contribution in [0, 0.1) is 0 Å². The van der Waals surface area contributed by atoms with E-state index in [2.05, 4.69) is 0 Å². The molecule has 0 radical (unpaired) electrons. The molecular weight excluding hydrogens is 242 g/mol. The summed E-state index contributed by atoms with van der Waals surface area (Å²) in [5.74, 6) is 0.781. The maximum Gasteiger partial charge on any atom is 0.179 e. The Kier molecular flexibility index (Phi) is 4.78. The molecule has 17 heavy (non-hydrogen) atoms. The van der Waals surface area contributed by atoms with Crippen molar-refractivity contribution in [2.45, 2.75) is 13.3 Å². The molecule has 0 amide bonds. The zero-order valence-electron chi connectivity index (χ0n) is 10.2. The molecule has 1 aromatic carbocycles. The lowest BCUT2D eigenvalue weighted by atomic mass is 9.99. The van der Waals surface area contributed by atoms with Crippen LogP contribution in [-0.2, 0) is 6.42 Å². The number of carbonyl (C=O) groups is 1. The van der Waals surface area contributed by atoms with Crippen LogP contribution in [0.4, 0.5) is 0 Å².